The molecule has 1 aliphatic rings. The van der Waals surface area contributed by atoms with Gasteiger partial charge in [0.2, 0.25) is 5.95 Å². The Balaban J connectivity index is 1.17. The van der Waals surface area contributed by atoms with Crippen molar-refractivity contribution in [1.82, 2.24) is 24.3 Å². The van der Waals surface area contributed by atoms with Crippen LogP contribution in [0, 0.1) is 5.82 Å². The number of nitrogens with zero attached hydrogens (tertiary/aromatic N) is 6. The van der Waals surface area contributed by atoms with Gasteiger partial charge in [0.25, 0.3) is 0 Å². The molecule has 39 heavy (non-hydrogen) atoms. The second kappa shape index (κ2) is 10.2. The van der Waals surface area contributed by atoms with Crippen LogP contribution in [0.2, 0.25) is 0 Å². The summed E-state index contributed by atoms with van der Waals surface area (Å²) in [5.41, 5.74) is 6.29. The predicted molar refractivity (Wildman–Crippen MR) is 152 cm³/mol. The number of hydrogen-bond donors (Lipinski definition) is 1. The van der Waals surface area contributed by atoms with Gasteiger partial charge in [-0.2, -0.15) is 4.98 Å². The molecule has 1 fully saturated rings. The van der Waals surface area contributed by atoms with Gasteiger partial charge in [0.05, 0.1) is 5.69 Å². The van der Waals surface area contributed by atoms with Crippen LogP contribution in [0.3, 0.4) is 0 Å². The van der Waals surface area contributed by atoms with Crippen molar-refractivity contribution in [2.45, 2.75) is 18.9 Å². The Hall–Kier alpha value is -4.66. The molecule has 9 heteroatoms. The van der Waals surface area contributed by atoms with E-state index in [9.17, 15) is 4.39 Å². The van der Waals surface area contributed by atoms with Crippen LogP contribution < -0.4 is 10.2 Å². The number of oxazole rings is 1. The fraction of sp³-hybridized carbons (Fsp3) is 0.233. The van der Waals surface area contributed by atoms with E-state index in [1.54, 1.807) is 30.8 Å². The number of anilines is 2. The fourth-order valence-corrected chi connectivity index (χ4v) is 5.01. The molecule has 0 aliphatic carbocycles. The van der Waals surface area contributed by atoms with Crippen molar-refractivity contribution in [3.8, 4) is 22.6 Å². The highest BCUT2D eigenvalue weighted by Gasteiger charge is 2.23. The predicted octanol–water partition coefficient (Wildman–Crippen LogP) is 5.80. The van der Waals surface area contributed by atoms with Gasteiger partial charge < -0.3 is 19.5 Å². The Morgan fingerprint density at radius 1 is 1.03 bits per heavy atom. The number of aromatic nitrogens is 4. The zero-order valence-electron chi connectivity index (χ0n) is 22.0. The van der Waals surface area contributed by atoms with E-state index >= 15 is 0 Å². The van der Waals surface area contributed by atoms with Gasteiger partial charge in [-0.25, -0.2) is 14.4 Å². The van der Waals surface area contributed by atoms with Crippen molar-refractivity contribution in [3.63, 3.8) is 0 Å². The molecule has 0 amide bonds. The van der Waals surface area contributed by atoms with E-state index in [2.05, 4.69) is 55.9 Å². The van der Waals surface area contributed by atoms with Crippen molar-refractivity contribution in [3.05, 3.63) is 91.2 Å². The first-order valence-corrected chi connectivity index (χ1v) is 13.0. The second-order valence-electron chi connectivity index (χ2n) is 9.93. The van der Waals surface area contributed by atoms with Crippen molar-refractivity contribution in [1.29, 1.82) is 0 Å². The molecule has 4 heterocycles. The SMILES string of the molecule is C=C(c1ccc(N(C)C)cc1)N1CCC(Nc2nccc(-c3c(-c4ccc(F)cc4)nc4occn34)n2)CC1. The molecule has 1 saturated heterocycles. The normalized spacial score (nSPS) is 14.1. The van der Waals surface area contributed by atoms with Gasteiger partial charge in [-0.15, -0.1) is 0 Å². The molecule has 8 nitrogen and oxygen atoms in total. The van der Waals surface area contributed by atoms with Gasteiger partial charge >= 0.3 is 5.84 Å². The van der Waals surface area contributed by atoms with Crippen LogP contribution in [0.1, 0.15) is 18.4 Å². The number of imidazole rings is 1. The standard InChI is InChI=1S/C30H30FN7O/c1-20(21-6-10-25(11-7-21)36(2)3)37-16-13-24(14-17-37)33-29-32-15-12-26(34-29)28-27(22-4-8-23(31)9-5-22)35-30-38(28)18-19-39-30/h4-12,15,18-19,24H,1,13-14,16-17H2,2-3H3,(H,32,33,34). The summed E-state index contributed by atoms with van der Waals surface area (Å²) in [7, 11) is 4.08. The van der Waals surface area contributed by atoms with E-state index in [0.29, 0.717) is 23.2 Å². The van der Waals surface area contributed by atoms with Crippen LogP contribution in [-0.2, 0) is 0 Å². The third-order valence-corrected chi connectivity index (χ3v) is 7.20. The van der Waals surface area contributed by atoms with Crippen molar-refractivity contribution in [2.24, 2.45) is 0 Å². The number of benzene rings is 2. The molecule has 0 saturated carbocycles. The van der Waals surface area contributed by atoms with E-state index in [0.717, 1.165) is 48.4 Å². The van der Waals surface area contributed by atoms with Gasteiger partial charge in [0.1, 0.15) is 23.5 Å². The Kier molecular flexibility index (Phi) is 6.48. The van der Waals surface area contributed by atoms with Crippen molar-refractivity contribution >= 4 is 23.2 Å². The largest absolute Gasteiger partial charge is 0.432 e. The summed E-state index contributed by atoms with van der Waals surface area (Å²) in [4.78, 5) is 18.4. The summed E-state index contributed by atoms with van der Waals surface area (Å²) in [6.45, 7) is 6.16. The molecule has 0 atom stereocenters. The number of rotatable bonds is 7. The monoisotopic (exact) mass is 523 g/mol. The topological polar surface area (TPSA) is 74.7 Å². The molecule has 2 aromatic carbocycles. The molecule has 0 radical (unpaired) electrons. The number of piperidine rings is 1. The molecular weight excluding hydrogens is 493 g/mol. The zero-order chi connectivity index (χ0) is 26.9. The van der Waals surface area contributed by atoms with Gasteiger partial charge in [-0.3, -0.25) is 4.40 Å². The average molecular weight is 524 g/mol. The van der Waals surface area contributed by atoms with Gasteiger partial charge in [-0.1, -0.05) is 18.7 Å². The van der Waals surface area contributed by atoms with Crippen LogP contribution in [-0.4, -0.2) is 57.5 Å². The second-order valence-corrected chi connectivity index (χ2v) is 9.93. The molecule has 3 aromatic heterocycles. The Labute approximate surface area is 226 Å². The fourth-order valence-electron chi connectivity index (χ4n) is 5.01. The van der Waals surface area contributed by atoms with Crippen LogP contribution in [0.4, 0.5) is 16.0 Å². The van der Waals surface area contributed by atoms with Crippen LogP contribution in [0.15, 0.2) is 84.3 Å². The highest BCUT2D eigenvalue weighted by Crippen LogP contribution is 2.33. The van der Waals surface area contributed by atoms with Crippen LogP contribution >= 0.6 is 0 Å². The first-order chi connectivity index (χ1) is 19.0. The Morgan fingerprint density at radius 2 is 1.77 bits per heavy atom. The van der Waals surface area contributed by atoms with E-state index < -0.39 is 0 Å². The smallest absolute Gasteiger partial charge is 0.306 e. The first-order valence-electron chi connectivity index (χ1n) is 13.0. The molecule has 6 rings (SSSR count). The molecule has 1 aliphatic heterocycles. The molecule has 0 bridgehead atoms. The molecule has 5 aromatic rings. The van der Waals surface area contributed by atoms with Gasteiger partial charge in [0, 0.05) is 62.6 Å². The third kappa shape index (κ3) is 4.95. The lowest BCUT2D eigenvalue weighted by Crippen LogP contribution is -2.38. The number of hydrogen-bond acceptors (Lipinski definition) is 7. The quantitative estimate of drug-likeness (QED) is 0.289. The van der Waals surface area contributed by atoms with E-state index in [-0.39, 0.29) is 11.9 Å². The summed E-state index contributed by atoms with van der Waals surface area (Å²) in [6.07, 6.45) is 7.02. The number of halogens is 1. The van der Waals surface area contributed by atoms with Crippen LogP contribution in [0.5, 0.6) is 0 Å². The maximum atomic E-state index is 13.6. The van der Waals surface area contributed by atoms with Crippen molar-refractivity contribution < 1.29 is 8.81 Å². The molecule has 198 valence electrons. The highest BCUT2D eigenvalue weighted by atomic mass is 19.1. The average Bonchev–Trinajstić information content (AvgIpc) is 3.55. The molecular formula is C30H30FN7O. The van der Waals surface area contributed by atoms with Crippen LogP contribution in [0.25, 0.3) is 34.2 Å². The maximum absolute atomic E-state index is 13.6. The van der Waals surface area contributed by atoms with E-state index in [1.807, 2.05) is 24.6 Å². The molecule has 0 unspecified atom stereocenters. The lowest BCUT2D eigenvalue weighted by atomic mass is 10.0. The van der Waals surface area contributed by atoms with E-state index in [4.69, 9.17) is 9.40 Å². The minimum Gasteiger partial charge on any atom is -0.432 e. The lowest BCUT2D eigenvalue weighted by molar-refractivity contribution is 0.309. The minimum absolute atomic E-state index is 0.247. The van der Waals surface area contributed by atoms with Crippen molar-refractivity contribution in [2.75, 3.05) is 37.4 Å². The summed E-state index contributed by atoms with van der Waals surface area (Å²) >= 11 is 0. The van der Waals surface area contributed by atoms with Gasteiger partial charge in [0.15, 0.2) is 0 Å². The lowest BCUT2D eigenvalue weighted by Gasteiger charge is -2.35. The highest BCUT2D eigenvalue weighted by molar-refractivity contribution is 5.79. The summed E-state index contributed by atoms with van der Waals surface area (Å²) in [6, 6.07) is 16.9. The molecule has 0 spiro atoms. The Morgan fingerprint density at radius 3 is 2.49 bits per heavy atom. The summed E-state index contributed by atoms with van der Waals surface area (Å²) in [5, 5.41) is 3.52. The van der Waals surface area contributed by atoms with E-state index in [1.165, 1.54) is 17.8 Å². The third-order valence-electron chi connectivity index (χ3n) is 7.20. The summed E-state index contributed by atoms with van der Waals surface area (Å²) in [5.74, 6) is 0.711. The summed E-state index contributed by atoms with van der Waals surface area (Å²) < 4.78 is 20.9. The number of fused-ring (bicyclic) bond motifs is 1. The minimum atomic E-state index is -0.298. The first kappa shape index (κ1) is 24.7. The van der Waals surface area contributed by atoms with Gasteiger partial charge in [-0.05, 0) is 60.9 Å². The zero-order valence-corrected chi connectivity index (χ0v) is 22.0. The Bertz CT molecular complexity index is 1600. The number of nitrogens with one attached hydrogen (secondary N) is 1. The number of likely N-dealkylation sites (tertiary alicyclic amines) is 1. The maximum Gasteiger partial charge on any atom is 0.306 e. The molecule has 1 N–H and O–H groups in total.